The molecule has 166 valence electrons. The van der Waals surface area contributed by atoms with E-state index in [1.165, 1.54) is 5.56 Å². The number of hydrogen-bond donors (Lipinski definition) is 1. The molecular formula is C28H32N2O2. The van der Waals surface area contributed by atoms with Gasteiger partial charge < -0.3 is 10.2 Å². The van der Waals surface area contributed by atoms with Crippen LogP contribution in [-0.2, 0) is 29.1 Å². The molecule has 3 rings (SSSR count). The van der Waals surface area contributed by atoms with Crippen molar-refractivity contribution in [2.75, 3.05) is 0 Å². The summed E-state index contributed by atoms with van der Waals surface area (Å²) in [6, 6.07) is 27.3. The van der Waals surface area contributed by atoms with Gasteiger partial charge in [-0.2, -0.15) is 0 Å². The van der Waals surface area contributed by atoms with Gasteiger partial charge in [-0.15, -0.1) is 0 Å². The summed E-state index contributed by atoms with van der Waals surface area (Å²) in [5.41, 5.74) is 4.27. The second-order valence-corrected chi connectivity index (χ2v) is 8.17. The van der Waals surface area contributed by atoms with E-state index in [1.807, 2.05) is 98.8 Å². The van der Waals surface area contributed by atoms with Crippen molar-refractivity contribution in [1.29, 1.82) is 0 Å². The molecule has 3 aromatic rings. The van der Waals surface area contributed by atoms with Crippen LogP contribution in [-0.4, -0.2) is 22.8 Å². The van der Waals surface area contributed by atoms with Gasteiger partial charge in [0.1, 0.15) is 6.04 Å². The van der Waals surface area contributed by atoms with Crippen LogP contribution in [0.5, 0.6) is 0 Å². The fourth-order valence-electron chi connectivity index (χ4n) is 3.70. The Labute approximate surface area is 191 Å². The second-order valence-electron chi connectivity index (χ2n) is 8.17. The Morgan fingerprint density at radius 3 is 2.00 bits per heavy atom. The highest BCUT2D eigenvalue weighted by molar-refractivity contribution is 5.88. The lowest BCUT2D eigenvalue weighted by atomic mass is 10.0. The van der Waals surface area contributed by atoms with Crippen molar-refractivity contribution in [3.63, 3.8) is 0 Å². The first-order chi connectivity index (χ1) is 15.6. The highest BCUT2D eigenvalue weighted by atomic mass is 16.2. The first-order valence-electron chi connectivity index (χ1n) is 11.3. The topological polar surface area (TPSA) is 49.4 Å². The Hall–Kier alpha value is -3.40. The molecule has 1 atom stereocenters. The van der Waals surface area contributed by atoms with E-state index in [4.69, 9.17) is 0 Å². The van der Waals surface area contributed by atoms with Gasteiger partial charge in [0.25, 0.3) is 0 Å². The molecule has 0 aromatic heterocycles. The smallest absolute Gasteiger partial charge is 0.243 e. The minimum Gasteiger partial charge on any atom is -0.350 e. The molecule has 0 saturated heterocycles. The maximum Gasteiger partial charge on any atom is 0.243 e. The number of amides is 2. The number of benzene rings is 3. The van der Waals surface area contributed by atoms with Crippen molar-refractivity contribution in [3.05, 3.63) is 107 Å². The summed E-state index contributed by atoms with van der Waals surface area (Å²) in [6.45, 7) is 4.88. The zero-order chi connectivity index (χ0) is 22.8. The minimum atomic E-state index is -0.581. The fraction of sp³-hybridized carbons (Fsp3) is 0.286. The number of carbonyl (C=O) groups excluding carboxylic acids is 2. The molecule has 3 aromatic carbocycles. The summed E-state index contributed by atoms with van der Waals surface area (Å²) in [4.78, 5) is 28.3. The zero-order valence-electron chi connectivity index (χ0n) is 19.0. The third-order valence-corrected chi connectivity index (χ3v) is 5.52. The van der Waals surface area contributed by atoms with Crippen molar-refractivity contribution in [2.45, 2.75) is 52.2 Å². The molecule has 2 amide bonds. The molecule has 0 spiro atoms. The number of nitrogens with zero attached hydrogens (tertiary/aromatic N) is 1. The van der Waals surface area contributed by atoms with E-state index in [0.29, 0.717) is 25.9 Å². The Balaban J connectivity index is 1.85. The third-order valence-electron chi connectivity index (χ3n) is 5.52. The lowest BCUT2D eigenvalue weighted by Gasteiger charge is -2.31. The molecule has 4 nitrogen and oxygen atoms in total. The average molecular weight is 429 g/mol. The first kappa shape index (κ1) is 23.3. The van der Waals surface area contributed by atoms with Gasteiger partial charge in [-0.25, -0.2) is 0 Å². The summed E-state index contributed by atoms with van der Waals surface area (Å²) in [5, 5.41) is 3.07. The predicted molar refractivity (Wildman–Crippen MR) is 129 cm³/mol. The molecule has 4 heteroatoms. The number of aryl methyl sites for hydroxylation is 1. The molecule has 0 radical (unpaired) electrons. The molecule has 0 unspecified atom stereocenters. The van der Waals surface area contributed by atoms with Gasteiger partial charge >= 0.3 is 0 Å². The number of carbonyl (C=O) groups is 2. The molecule has 0 heterocycles. The predicted octanol–water partition coefficient (Wildman–Crippen LogP) is 5.05. The standard InChI is InChI=1S/C28H32N2O2/c1-3-10-27(31)30(21-25-13-8-5-9-14-25)26(19-23-11-6-4-7-12-23)28(32)29-20-24-17-15-22(2)16-18-24/h4-9,11-18,26H,3,10,19-21H2,1-2H3,(H,29,32)/t26-/m0/s1. The highest BCUT2D eigenvalue weighted by Gasteiger charge is 2.29. The van der Waals surface area contributed by atoms with E-state index in [-0.39, 0.29) is 11.8 Å². The van der Waals surface area contributed by atoms with Crippen LogP contribution in [0, 0.1) is 6.92 Å². The number of hydrogen-bond acceptors (Lipinski definition) is 2. The van der Waals surface area contributed by atoms with Crippen LogP contribution < -0.4 is 5.32 Å². The Bertz CT molecular complexity index is 985. The van der Waals surface area contributed by atoms with Crippen molar-refractivity contribution >= 4 is 11.8 Å². The Morgan fingerprint density at radius 1 is 0.812 bits per heavy atom. The quantitative estimate of drug-likeness (QED) is 0.491. The molecule has 1 N–H and O–H groups in total. The SMILES string of the molecule is CCCC(=O)N(Cc1ccccc1)[C@@H](Cc1ccccc1)C(=O)NCc1ccc(C)cc1. The highest BCUT2D eigenvalue weighted by Crippen LogP contribution is 2.16. The molecular weight excluding hydrogens is 396 g/mol. The zero-order valence-corrected chi connectivity index (χ0v) is 19.0. The Morgan fingerprint density at radius 2 is 1.41 bits per heavy atom. The van der Waals surface area contributed by atoms with E-state index < -0.39 is 6.04 Å². The van der Waals surface area contributed by atoms with Crippen LogP contribution in [0.15, 0.2) is 84.9 Å². The van der Waals surface area contributed by atoms with Crippen molar-refractivity contribution < 1.29 is 9.59 Å². The summed E-state index contributed by atoms with van der Waals surface area (Å²) in [6.07, 6.45) is 1.64. The molecule has 0 saturated carbocycles. The molecule has 0 aliphatic heterocycles. The lowest BCUT2D eigenvalue weighted by Crippen LogP contribution is -2.50. The van der Waals surface area contributed by atoms with Gasteiger partial charge in [-0.3, -0.25) is 9.59 Å². The fourth-order valence-corrected chi connectivity index (χ4v) is 3.70. The van der Waals surface area contributed by atoms with Crippen molar-refractivity contribution in [1.82, 2.24) is 10.2 Å². The number of rotatable bonds is 10. The van der Waals surface area contributed by atoms with E-state index in [2.05, 4.69) is 5.32 Å². The van der Waals surface area contributed by atoms with Crippen LogP contribution >= 0.6 is 0 Å². The largest absolute Gasteiger partial charge is 0.350 e. The van der Waals surface area contributed by atoms with Crippen LogP contribution in [0.2, 0.25) is 0 Å². The normalized spacial score (nSPS) is 11.6. The molecule has 0 aliphatic carbocycles. The molecule has 32 heavy (non-hydrogen) atoms. The minimum absolute atomic E-state index is 0.00256. The van der Waals surface area contributed by atoms with Gasteiger partial charge in [0.05, 0.1) is 0 Å². The molecule has 0 aliphatic rings. The summed E-state index contributed by atoms with van der Waals surface area (Å²) in [5.74, 6) is -0.127. The van der Waals surface area contributed by atoms with Crippen molar-refractivity contribution in [3.8, 4) is 0 Å². The van der Waals surface area contributed by atoms with Gasteiger partial charge in [0.2, 0.25) is 11.8 Å². The maximum atomic E-state index is 13.4. The van der Waals surface area contributed by atoms with Gasteiger partial charge in [0, 0.05) is 25.9 Å². The second kappa shape index (κ2) is 11.8. The van der Waals surface area contributed by atoms with E-state index in [0.717, 1.165) is 23.1 Å². The van der Waals surface area contributed by atoms with E-state index >= 15 is 0 Å². The molecule has 0 fully saturated rings. The van der Waals surface area contributed by atoms with Gasteiger partial charge in [0.15, 0.2) is 0 Å². The lowest BCUT2D eigenvalue weighted by molar-refractivity contribution is -0.141. The van der Waals surface area contributed by atoms with Gasteiger partial charge in [-0.05, 0) is 30.0 Å². The van der Waals surface area contributed by atoms with Crippen LogP contribution in [0.25, 0.3) is 0 Å². The van der Waals surface area contributed by atoms with Crippen LogP contribution in [0.3, 0.4) is 0 Å². The summed E-state index contributed by atoms with van der Waals surface area (Å²) < 4.78 is 0. The summed E-state index contributed by atoms with van der Waals surface area (Å²) >= 11 is 0. The van der Waals surface area contributed by atoms with E-state index in [9.17, 15) is 9.59 Å². The molecule has 0 bridgehead atoms. The average Bonchev–Trinajstić information content (AvgIpc) is 2.82. The monoisotopic (exact) mass is 428 g/mol. The Kier molecular flexibility index (Phi) is 8.61. The third kappa shape index (κ3) is 6.81. The maximum absolute atomic E-state index is 13.4. The summed E-state index contributed by atoms with van der Waals surface area (Å²) in [7, 11) is 0. The number of nitrogens with one attached hydrogen (secondary N) is 1. The van der Waals surface area contributed by atoms with Crippen LogP contribution in [0.1, 0.15) is 42.0 Å². The first-order valence-corrected chi connectivity index (χ1v) is 11.3. The van der Waals surface area contributed by atoms with Crippen LogP contribution in [0.4, 0.5) is 0 Å². The van der Waals surface area contributed by atoms with Gasteiger partial charge in [-0.1, -0.05) is 97.4 Å². The van der Waals surface area contributed by atoms with E-state index in [1.54, 1.807) is 4.90 Å². The van der Waals surface area contributed by atoms with Crippen molar-refractivity contribution in [2.24, 2.45) is 0 Å².